The van der Waals surface area contributed by atoms with Gasteiger partial charge in [0.1, 0.15) is 5.82 Å². The summed E-state index contributed by atoms with van der Waals surface area (Å²) in [5.41, 5.74) is 1.79. The van der Waals surface area contributed by atoms with E-state index in [0.717, 1.165) is 18.8 Å². The summed E-state index contributed by atoms with van der Waals surface area (Å²) in [5.74, 6) is 0.107. The van der Waals surface area contributed by atoms with Gasteiger partial charge in [-0.05, 0) is 38.1 Å². The van der Waals surface area contributed by atoms with Gasteiger partial charge in [-0.1, -0.05) is 12.1 Å². The number of ether oxygens (including phenoxy) is 1. The molecule has 0 saturated carbocycles. The summed E-state index contributed by atoms with van der Waals surface area (Å²) in [4.78, 5) is 31.2. The lowest BCUT2D eigenvalue weighted by Gasteiger charge is -2.28. The number of nitrogens with zero attached hydrogens (tertiary/aromatic N) is 2. The first-order chi connectivity index (χ1) is 13.5. The molecule has 1 aromatic heterocycles. The number of pyridine rings is 1. The number of rotatable bonds is 5. The zero-order chi connectivity index (χ0) is 19.9. The lowest BCUT2D eigenvalue weighted by molar-refractivity contribution is 0.102. The van der Waals surface area contributed by atoms with Gasteiger partial charge in [0, 0.05) is 19.1 Å². The molecule has 2 aromatic rings. The molecule has 1 fully saturated rings. The van der Waals surface area contributed by atoms with Crippen LogP contribution in [0, 0.1) is 0 Å². The summed E-state index contributed by atoms with van der Waals surface area (Å²) in [7, 11) is 0. The minimum Gasteiger partial charge on any atom is -0.378 e. The molecule has 1 aromatic carbocycles. The van der Waals surface area contributed by atoms with Crippen molar-refractivity contribution in [3.63, 3.8) is 0 Å². The molecule has 3 N–H and O–H groups in total. The summed E-state index contributed by atoms with van der Waals surface area (Å²) in [6, 6.07) is 10.2. The van der Waals surface area contributed by atoms with Crippen LogP contribution in [0.5, 0.6) is 0 Å². The third kappa shape index (κ3) is 5.20. The van der Waals surface area contributed by atoms with Gasteiger partial charge in [0.15, 0.2) is 0 Å². The van der Waals surface area contributed by atoms with E-state index in [1.54, 1.807) is 36.5 Å². The molecular formula is C20H25N5O3. The Kier molecular flexibility index (Phi) is 6.44. The van der Waals surface area contributed by atoms with Crippen LogP contribution < -0.4 is 20.9 Å². The predicted octanol–water partition coefficient (Wildman–Crippen LogP) is 2.70. The summed E-state index contributed by atoms with van der Waals surface area (Å²) in [6.45, 7) is 6.78. The van der Waals surface area contributed by atoms with Crippen LogP contribution in [0.1, 0.15) is 24.2 Å². The van der Waals surface area contributed by atoms with Crippen LogP contribution in [0.2, 0.25) is 0 Å². The van der Waals surface area contributed by atoms with E-state index >= 15 is 0 Å². The van der Waals surface area contributed by atoms with Crippen molar-refractivity contribution in [2.24, 2.45) is 0 Å². The van der Waals surface area contributed by atoms with Crippen LogP contribution in [0.25, 0.3) is 0 Å². The van der Waals surface area contributed by atoms with Gasteiger partial charge in [-0.15, -0.1) is 0 Å². The number of aromatic nitrogens is 1. The fourth-order valence-corrected chi connectivity index (χ4v) is 2.86. The number of carbonyl (C=O) groups excluding carboxylic acids is 2. The molecule has 0 atom stereocenters. The maximum atomic E-state index is 12.7. The second-order valence-electron chi connectivity index (χ2n) is 6.75. The molecule has 3 rings (SSSR count). The maximum Gasteiger partial charge on any atom is 0.319 e. The van der Waals surface area contributed by atoms with E-state index < -0.39 is 0 Å². The molecule has 0 bridgehead atoms. The Morgan fingerprint density at radius 2 is 1.82 bits per heavy atom. The Labute approximate surface area is 164 Å². The Balaban J connectivity index is 1.67. The van der Waals surface area contributed by atoms with Crippen molar-refractivity contribution in [2.45, 2.75) is 19.9 Å². The van der Waals surface area contributed by atoms with Crippen LogP contribution in [-0.2, 0) is 4.74 Å². The Bertz CT molecular complexity index is 817. The molecule has 1 aliphatic heterocycles. The number of hydrogen-bond donors (Lipinski definition) is 3. The number of anilines is 3. The van der Waals surface area contributed by atoms with E-state index in [9.17, 15) is 9.59 Å². The molecule has 28 heavy (non-hydrogen) atoms. The van der Waals surface area contributed by atoms with E-state index in [-0.39, 0.29) is 18.0 Å². The third-order valence-corrected chi connectivity index (χ3v) is 4.21. The van der Waals surface area contributed by atoms with Gasteiger partial charge in [0.05, 0.1) is 36.3 Å². The molecule has 1 aliphatic rings. The fraction of sp³-hybridized carbons (Fsp3) is 0.350. The van der Waals surface area contributed by atoms with Gasteiger partial charge in [-0.2, -0.15) is 0 Å². The topological polar surface area (TPSA) is 95.6 Å². The van der Waals surface area contributed by atoms with Gasteiger partial charge in [0.2, 0.25) is 0 Å². The van der Waals surface area contributed by atoms with Crippen molar-refractivity contribution in [3.8, 4) is 0 Å². The van der Waals surface area contributed by atoms with Crippen LogP contribution >= 0.6 is 0 Å². The minimum absolute atomic E-state index is 0.00447. The first kappa shape index (κ1) is 19.6. The molecule has 1 saturated heterocycles. The lowest BCUT2D eigenvalue weighted by Crippen LogP contribution is -2.36. The Morgan fingerprint density at radius 1 is 1.07 bits per heavy atom. The molecule has 8 nitrogen and oxygen atoms in total. The summed E-state index contributed by atoms with van der Waals surface area (Å²) in [5, 5.41) is 8.23. The van der Waals surface area contributed by atoms with E-state index in [2.05, 4.69) is 25.8 Å². The molecule has 8 heteroatoms. The second kappa shape index (κ2) is 9.18. The zero-order valence-electron chi connectivity index (χ0n) is 16.1. The molecule has 0 radical (unpaired) electrons. The van der Waals surface area contributed by atoms with Crippen molar-refractivity contribution >= 4 is 29.1 Å². The minimum atomic E-state index is -0.358. The zero-order valence-corrected chi connectivity index (χ0v) is 16.1. The molecule has 0 unspecified atom stereocenters. The van der Waals surface area contributed by atoms with Crippen molar-refractivity contribution < 1.29 is 14.3 Å². The molecule has 148 valence electrons. The van der Waals surface area contributed by atoms with Crippen LogP contribution in [0.15, 0.2) is 42.6 Å². The highest BCUT2D eigenvalue weighted by Crippen LogP contribution is 2.19. The average Bonchev–Trinajstić information content (AvgIpc) is 2.69. The molecule has 2 heterocycles. The number of carbonyl (C=O) groups is 2. The monoisotopic (exact) mass is 383 g/mol. The normalized spacial score (nSPS) is 13.9. The first-order valence-corrected chi connectivity index (χ1v) is 9.29. The van der Waals surface area contributed by atoms with Gasteiger partial charge in [-0.3, -0.25) is 4.79 Å². The van der Waals surface area contributed by atoms with Crippen LogP contribution in [0.3, 0.4) is 0 Å². The van der Waals surface area contributed by atoms with Crippen LogP contribution in [0.4, 0.5) is 22.0 Å². The van der Waals surface area contributed by atoms with E-state index in [1.807, 2.05) is 19.9 Å². The highest BCUT2D eigenvalue weighted by Gasteiger charge is 2.15. The molecule has 0 spiro atoms. The molecule has 3 amide bonds. The summed E-state index contributed by atoms with van der Waals surface area (Å²) < 4.78 is 5.35. The highest BCUT2D eigenvalue weighted by molar-refractivity contribution is 6.09. The standard InChI is InChI=1S/C20H25N5O3/c1-14(2)22-20(27)23-17-6-4-3-5-16(17)19(26)24-18-8-7-15(13-21-18)25-9-11-28-12-10-25/h3-8,13-14H,9-12H2,1-2H3,(H,21,24,26)(H2,22,23,27). The van der Waals surface area contributed by atoms with Crippen molar-refractivity contribution in [1.82, 2.24) is 10.3 Å². The van der Waals surface area contributed by atoms with E-state index in [4.69, 9.17) is 4.74 Å². The van der Waals surface area contributed by atoms with Crippen molar-refractivity contribution in [3.05, 3.63) is 48.2 Å². The second-order valence-corrected chi connectivity index (χ2v) is 6.75. The van der Waals surface area contributed by atoms with Gasteiger partial charge in [-0.25, -0.2) is 9.78 Å². The van der Waals surface area contributed by atoms with Gasteiger partial charge < -0.3 is 25.6 Å². The SMILES string of the molecule is CC(C)NC(=O)Nc1ccccc1C(=O)Nc1ccc(N2CCOCC2)cn1. The van der Waals surface area contributed by atoms with Crippen LogP contribution in [-0.4, -0.2) is 49.3 Å². The maximum absolute atomic E-state index is 12.7. The average molecular weight is 383 g/mol. The van der Waals surface area contributed by atoms with Crippen molar-refractivity contribution in [1.29, 1.82) is 0 Å². The number of morpholine rings is 1. The first-order valence-electron chi connectivity index (χ1n) is 9.29. The van der Waals surface area contributed by atoms with Gasteiger partial charge in [0.25, 0.3) is 5.91 Å². The predicted molar refractivity (Wildman–Crippen MR) is 109 cm³/mol. The molecular weight excluding hydrogens is 358 g/mol. The van der Waals surface area contributed by atoms with E-state index in [0.29, 0.717) is 30.3 Å². The van der Waals surface area contributed by atoms with Gasteiger partial charge >= 0.3 is 6.03 Å². The number of nitrogens with one attached hydrogen (secondary N) is 3. The number of benzene rings is 1. The fourth-order valence-electron chi connectivity index (χ4n) is 2.86. The smallest absolute Gasteiger partial charge is 0.319 e. The number of amides is 3. The quantitative estimate of drug-likeness (QED) is 0.738. The van der Waals surface area contributed by atoms with E-state index in [1.165, 1.54) is 0 Å². The highest BCUT2D eigenvalue weighted by atomic mass is 16.5. The Hall–Kier alpha value is -3.13. The lowest BCUT2D eigenvalue weighted by atomic mass is 10.1. The number of urea groups is 1. The summed E-state index contributed by atoms with van der Waals surface area (Å²) in [6.07, 6.45) is 1.74. The number of hydrogen-bond acceptors (Lipinski definition) is 5. The largest absolute Gasteiger partial charge is 0.378 e. The van der Waals surface area contributed by atoms with Crippen molar-refractivity contribution in [2.75, 3.05) is 41.8 Å². The third-order valence-electron chi connectivity index (χ3n) is 4.21. The number of para-hydroxylation sites is 1. The summed E-state index contributed by atoms with van der Waals surface area (Å²) >= 11 is 0. The Morgan fingerprint density at radius 3 is 2.50 bits per heavy atom. The molecule has 0 aliphatic carbocycles.